The topological polar surface area (TPSA) is 60.9 Å². The highest BCUT2D eigenvalue weighted by Gasteiger charge is 2.40. The smallest absolute Gasteiger partial charge is 0.266 e. The van der Waals surface area contributed by atoms with Crippen LogP contribution in [0.15, 0.2) is 29.2 Å². The minimum Gasteiger partial charge on any atom is -0.396 e. The van der Waals surface area contributed by atoms with Crippen molar-refractivity contribution in [1.82, 2.24) is 9.80 Å². The van der Waals surface area contributed by atoms with E-state index in [0.29, 0.717) is 27.2 Å². The number of hydrogen-bond donors (Lipinski definition) is 1. The minimum absolute atomic E-state index is 0.0247. The second-order valence-electron chi connectivity index (χ2n) is 6.97. The Hall–Kier alpha value is -1.41. The molecule has 0 bridgehead atoms. The van der Waals surface area contributed by atoms with Crippen molar-refractivity contribution in [3.63, 3.8) is 0 Å². The molecule has 150 valence electrons. The van der Waals surface area contributed by atoms with E-state index < -0.39 is 6.04 Å². The molecule has 2 aliphatic rings. The summed E-state index contributed by atoms with van der Waals surface area (Å²) >= 11 is 12.5. The molecule has 2 atom stereocenters. The molecule has 8 heteroatoms. The number of thiocarbonyl (C=S) groups is 1. The second kappa shape index (κ2) is 9.39. The molecule has 2 amide bonds. The van der Waals surface area contributed by atoms with Crippen LogP contribution in [0, 0.1) is 0 Å². The normalized spacial score (nSPS) is 22.8. The molecule has 1 N–H and O–H groups in total. The van der Waals surface area contributed by atoms with Crippen molar-refractivity contribution in [2.45, 2.75) is 44.7 Å². The Labute approximate surface area is 179 Å². The van der Waals surface area contributed by atoms with Crippen molar-refractivity contribution in [1.29, 1.82) is 0 Å². The number of halogens is 1. The molecular weight excluding hydrogens is 416 g/mol. The average Bonchev–Trinajstić information content (AvgIpc) is 2.96. The molecule has 2 heterocycles. The van der Waals surface area contributed by atoms with Crippen molar-refractivity contribution in [3.05, 3.63) is 39.8 Å². The zero-order chi connectivity index (χ0) is 20.3. The summed E-state index contributed by atoms with van der Waals surface area (Å²) in [7, 11) is 0. The van der Waals surface area contributed by atoms with Crippen LogP contribution >= 0.6 is 35.6 Å². The first-order valence-electron chi connectivity index (χ1n) is 9.36. The first-order chi connectivity index (χ1) is 13.4. The number of likely N-dealkylation sites (tertiary alicyclic amines) is 1. The maximum Gasteiger partial charge on any atom is 0.266 e. The summed E-state index contributed by atoms with van der Waals surface area (Å²) in [5, 5.41) is 9.93. The molecule has 0 saturated carbocycles. The van der Waals surface area contributed by atoms with E-state index in [1.54, 1.807) is 25.1 Å². The predicted molar refractivity (Wildman–Crippen MR) is 117 cm³/mol. The summed E-state index contributed by atoms with van der Waals surface area (Å²) in [5.74, 6) is -0.358. The number of piperidine rings is 1. The highest BCUT2D eigenvalue weighted by molar-refractivity contribution is 8.26. The average molecular weight is 439 g/mol. The van der Waals surface area contributed by atoms with Crippen LogP contribution < -0.4 is 0 Å². The van der Waals surface area contributed by atoms with Gasteiger partial charge in [-0.3, -0.25) is 14.5 Å². The standard InChI is InChI=1S/C20H23ClN2O3S2/c1-13(18(25)22-10-3-2-4-16(22)9-11-24)23-19(26)17(28-20(23)27)12-14-5-7-15(21)8-6-14/h5-8,12-13,16,24H,2-4,9-11H2,1H3. The van der Waals surface area contributed by atoms with Crippen LogP contribution in [0.2, 0.25) is 5.02 Å². The van der Waals surface area contributed by atoms with E-state index >= 15 is 0 Å². The van der Waals surface area contributed by atoms with Crippen LogP contribution in [-0.2, 0) is 9.59 Å². The fourth-order valence-electron chi connectivity index (χ4n) is 3.61. The van der Waals surface area contributed by atoms with Gasteiger partial charge in [-0.2, -0.15) is 0 Å². The predicted octanol–water partition coefficient (Wildman–Crippen LogP) is 3.69. The van der Waals surface area contributed by atoms with E-state index in [4.69, 9.17) is 23.8 Å². The molecule has 0 radical (unpaired) electrons. The van der Waals surface area contributed by atoms with E-state index in [2.05, 4.69) is 0 Å². The summed E-state index contributed by atoms with van der Waals surface area (Å²) in [5.41, 5.74) is 0.850. The number of nitrogens with zero attached hydrogens (tertiary/aromatic N) is 2. The Morgan fingerprint density at radius 1 is 1.39 bits per heavy atom. The summed E-state index contributed by atoms with van der Waals surface area (Å²) in [4.78, 5) is 29.8. The zero-order valence-electron chi connectivity index (χ0n) is 15.6. The lowest BCUT2D eigenvalue weighted by molar-refractivity contribution is -0.142. The lowest BCUT2D eigenvalue weighted by atomic mass is 9.98. The quantitative estimate of drug-likeness (QED) is 0.561. The van der Waals surface area contributed by atoms with Gasteiger partial charge in [0.15, 0.2) is 0 Å². The number of thioether (sulfide) groups is 1. The Morgan fingerprint density at radius 2 is 2.11 bits per heavy atom. The van der Waals surface area contributed by atoms with E-state index in [1.165, 1.54) is 16.7 Å². The lowest BCUT2D eigenvalue weighted by Gasteiger charge is -2.38. The molecule has 5 nitrogen and oxygen atoms in total. The summed E-state index contributed by atoms with van der Waals surface area (Å²) in [6.07, 6.45) is 5.20. The Balaban J connectivity index is 1.76. The van der Waals surface area contributed by atoms with Crippen LogP contribution in [-0.4, -0.2) is 56.3 Å². The van der Waals surface area contributed by atoms with Crippen molar-refractivity contribution in [2.75, 3.05) is 13.2 Å². The van der Waals surface area contributed by atoms with Crippen LogP contribution in [0.5, 0.6) is 0 Å². The van der Waals surface area contributed by atoms with Gasteiger partial charge in [0.1, 0.15) is 10.4 Å². The highest BCUT2D eigenvalue weighted by Crippen LogP contribution is 2.35. The second-order valence-corrected chi connectivity index (χ2v) is 9.08. The highest BCUT2D eigenvalue weighted by atomic mass is 35.5. The van der Waals surface area contributed by atoms with E-state index in [0.717, 1.165) is 24.8 Å². The third-order valence-electron chi connectivity index (χ3n) is 5.11. The molecule has 0 spiro atoms. The Kier molecular flexibility index (Phi) is 7.15. The van der Waals surface area contributed by atoms with Gasteiger partial charge < -0.3 is 10.0 Å². The number of rotatable bonds is 5. The molecule has 1 aromatic carbocycles. The van der Waals surface area contributed by atoms with Crippen molar-refractivity contribution >= 4 is 57.8 Å². The molecular formula is C20H23ClN2O3S2. The van der Waals surface area contributed by atoms with Gasteiger partial charge in [-0.15, -0.1) is 0 Å². The van der Waals surface area contributed by atoms with Crippen LogP contribution in [0.25, 0.3) is 6.08 Å². The minimum atomic E-state index is -0.664. The molecule has 2 unspecified atom stereocenters. The summed E-state index contributed by atoms with van der Waals surface area (Å²) < 4.78 is 0.391. The molecule has 2 aliphatic heterocycles. The van der Waals surface area contributed by atoms with Gasteiger partial charge in [0, 0.05) is 24.2 Å². The van der Waals surface area contributed by atoms with Gasteiger partial charge in [0.05, 0.1) is 4.91 Å². The monoisotopic (exact) mass is 438 g/mol. The maximum atomic E-state index is 13.1. The molecule has 3 rings (SSSR count). The molecule has 2 fully saturated rings. The number of amides is 2. The molecule has 0 aromatic heterocycles. The van der Waals surface area contributed by atoms with Gasteiger partial charge in [-0.25, -0.2) is 0 Å². The van der Waals surface area contributed by atoms with Crippen molar-refractivity contribution in [3.8, 4) is 0 Å². The van der Waals surface area contributed by atoms with E-state index in [1.807, 2.05) is 17.0 Å². The summed E-state index contributed by atoms with van der Waals surface area (Å²) in [6.45, 7) is 2.43. The Bertz CT molecular complexity index is 795. The number of carbonyl (C=O) groups is 2. The number of benzene rings is 1. The SMILES string of the molecule is CC(C(=O)N1CCCCC1CCO)N1C(=O)C(=Cc2ccc(Cl)cc2)SC1=S. The molecule has 2 saturated heterocycles. The van der Waals surface area contributed by atoms with Gasteiger partial charge in [-0.1, -0.05) is 47.7 Å². The number of carbonyl (C=O) groups excluding carboxylic acids is 2. The van der Waals surface area contributed by atoms with Crippen LogP contribution in [0.3, 0.4) is 0 Å². The largest absolute Gasteiger partial charge is 0.396 e. The van der Waals surface area contributed by atoms with Gasteiger partial charge in [0.25, 0.3) is 5.91 Å². The van der Waals surface area contributed by atoms with Crippen molar-refractivity contribution in [2.24, 2.45) is 0 Å². The zero-order valence-corrected chi connectivity index (χ0v) is 18.0. The molecule has 1 aromatic rings. The first-order valence-corrected chi connectivity index (χ1v) is 11.0. The van der Waals surface area contributed by atoms with Crippen LogP contribution in [0.1, 0.15) is 38.2 Å². The summed E-state index contributed by atoms with van der Waals surface area (Å²) in [6, 6.07) is 6.54. The third kappa shape index (κ3) is 4.59. The van der Waals surface area contributed by atoms with Gasteiger partial charge >= 0.3 is 0 Å². The third-order valence-corrected chi connectivity index (χ3v) is 6.69. The van der Waals surface area contributed by atoms with E-state index in [9.17, 15) is 14.7 Å². The number of aliphatic hydroxyl groups is 1. The molecule has 0 aliphatic carbocycles. The van der Waals surface area contributed by atoms with Gasteiger partial charge in [0.2, 0.25) is 5.91 Å². The first kappa shape index (κ1) is 21.3. The number of aliphatic hydroxyl groups excluding tert-OH is 1. The maximum absolute atomic E-state index is 13.1. The van der Waals surface area contributed by atoms with Crippen molar-refractivity contribution < 1.29 is 14.7 Å². The van der Waals surface area contributed by atoms with Crippen LogP contribution in [0.4, 0.5) is 0 Å². The Morgan fingerprint density at radius 3 is 2.79 bits per heavy atom. The fraction of sp³-hybridized carbons (Fsp3) is 0.450. The van der Waals surface area contributed by atoms with Gasteiger partial charge in [-0.05, 0) is 56.4 Å². The van der Waals surface area contributed by atoms with E-state index in [-0.39, 0.29) is 24.5 Å². The fourth-order valence-corrected chi connectivity index (χ4v) is 5.16. The lowest BCUT2D eigenvalue weighted by Crippen LogP contribution is -2.53. The number of hydrogen-bond acceptors (Lipinski definition) is 5. The molecule has 28 heavy (non-hydrogen) atoms.